The molecule has 92 valence electrons. The van der Waals surface area contributed by atoms with Crippen LogP contribution in [0.25, 0.3) is 0 Å². The molecule has 1 heterocycles. The molecule has 1 rings (SSSR count). The zero-order valence-electron chi connectivity index (χ0n) is 10.6. The second kappa shape index (κ2) is 4.95. The molecule has 0 aromatic heterocycles. The third kappa shape index (κ3) is 2.43. The minimum absolute atomic E-state index is 0.0294. The van der Waals surface area contributed by atoms with E-state index >= 15 is 0 Å². The lowest BCUT2D eigenvalue weighted by Gasteiger charge is -2.32. The minimum Gasteiger partial charge on any atom is -0.345 e. The van der Waals surface area contributed by atoms with Crippen molar-refractivity contribution < 1.29 is 9.59 Å². The van der Waals surface area contributed by atoms with Crippen molar-refractivity contribution in [2.75, 3.05) is 13.6 Å². The van der Waals surface area contributed by atoms with Crippen LogP contribution in [0.1, 0.15) is 33.6 Å². The lowest BCUT2D eigenvalue weighted by Crippen LogP contribution is -2.55. The van der Waals surface area contributed by atoms with Gasteiger partial charge >= 0.3 is 0 Å². The molecule has 0 aromatic carbocycles. The molecule has 0 saturated carbocycles. The number of amides is 1. The second-order valence-electron chi connectivity index (χ2n) is 5.18. The van der Waals surface area contributed by atoms with Crippen LogP contribution in [0.5, 0.6) is 0 Å². The number of hydrogen-bond donors (Lipinski definition) is 1. The van der Waals surface area contributed by atoms with Crippen molar-refractivity contribution in [3.05, 3.63) is 0 Å². The summed E-state index contributed by atoms with van der Waals surface area (Å²) in [6.45, 7) is 6.75. The fourth-order valence-electron chi connectivity index (χ4n) is 2.05. The van der Waals surface area contributed by atoms with E-state index in [9.17, 15) is 9.59 Å². The van der Waals surface area contributed by atoms with Crippen LogP contribution < -0.4 is 5.32 Å². The highest BCUT2D eigenvalue weighted by molar-refractivity contribution is 5.88. The van der Waals surface area contributed by atoms with Gasteiger partial charge in [0, 0.05) is 0 Å². The summed E-state index contributed by atoms with van der Waals surface area (Å²) in [6, 6.07) is -0.377. The molecular formula is C12H22N2O2. The van der Waals surface area contributed by atoms with E-state index < -0.39 is 5.54 Å². The van der Waals surface area contributed by atoms with Gasteiger partial charge < -0.3 is 10.1 Å². The Hall–Kier alpha value is -0.900. The maximum Gasteiger partial charge on any atom is 0.240 e. The summed E-state index contributed by atoms with van der Waals surface area (Å²) in [5, 5.41) is 2.83. The van der Waals surface area contributed by atoms with Crippen molar-refractivity contribution in [3.63, 3.8) is 0 Å². The second-order valence-corrected chi connectivity index (χ2v) is 5.18. The fourth-order valence-corrected chi connectivity index (χ4v) is 2.05. The van der Waals surface area contributed by atoms with Gasteiger partial charge in [-0.3, -0.25) is 9.69 Å². The van der Waals surface area contributed by atoms with Crippen LogP contribution >= 0.6 is 0 Å². The maximum atomic E-state index is 12.1. The molecule has 1 amide bonds. The van der Waals surface area contributed by atoms with E-state index in [0.717, 1.165) is 25.7 Å². The van der Waals surface area contributed by atoms with E-state index in [1.54, 1.807) is 0 Å². The van der Waals surface area contributed by atoms with Gasteiger partial charge in [0.05, 0.1) is 11.6 Å². The molecule has 1 saturated heterocycles. The van der Waals surface area contributed by atoms with Crippen LogP contribution in [0.4, 0.5) is 0 Å². The lowest BCUT2D eigenvalue weighted by atomic mass is 9.96. The van der Waals surface area contributed by atoms with Crippen molar-refractivity contribution in [1.29, 1.82) is 0 Å². The fraction of sp³-hybridized carbons (Fsp3) is 0.833. The summed E-state index contributed by atoms with van der Waals surface area (Å²) in [4.78, 5) is 25.1. The molecule has 1 N–H and O–H groups in total. The van der Waals surface area contributed by atoms with Crippen LogP contribution in [-0.2, 0) is 9.59 Å². The van der Waals surface area contributed by atoms with Gasteiger partial charge in [0.25, 0.3) is 0 Å². The predicted octanol–water partition coefficient (Wildman–Crippen LogP) is 0.810. The summed E-state index contributed by atoms with van der Waals surface area (Å²) in [5.41, 5.74) is -0.448. The number of likely N-dealkylation sites (tertiary alicyclic amines) is 1. The number of hydrogen-bond acceptors (Lipinski definition) is 3. The highest BCUT2D eigenvalue weighted by Gasteiger charge is 2.41. The number of nitrogens with zero attached hydrogens (tertiary/aromatic N) is 1. The molecular weight excluding hydrogens is 204 g/mol. The van der Waals surface area contributed by atoms with E-state index in [0.29, 0.717) is 0 Å². The lowest BCUT2D eigenvalue weighted by molar-refractivity contribution is -0.132. The Morgan fingerprint density at radius 3 is 2.50 bits per heavy atom. The zero-order chi connectivity index (χ0) is 12.3. The summed E-state index contributed by atoms with van der Waals surface area (Å²) in [6.07, 6.45) is 2.72. The Morgan fingerprint density at radius 1 is 1.50 bits per heavy atom. The van der Waals surface area contributed by atoms with Crippen LogP contribution in [0.2, 0.25) is 0 Å². The number of carbonyl (C=O) groups is 2. The maximum absolute atomic E-state index is 12.1. The molecule has 4 nitrogen and oxygen atoms in total. The van der Waals surface area contributed by atoms with Gasteiger partial charge in [0.15, 0.2) is 0 Å². The first-order chi connectivity index (χ1) is 7.41. The van der Waals surface area contributed by atoms with Gasteiger partial charge in [-0.1, -0.05) is 13.8 Å². The molecule has 4 heteroatoms. The number of likely N-dealkylation sites (N-methyl/N-ethyl adjacent to an activating group) is 1. The Bertz CT molecular complexity index is 278. The van der Waals surface area contributed by atoms with Gasteiger partial charge in [0.1, 0.15) is 6.29 Å². The first-order valence-corrected chi connectivity index (χ1v) is 5.89. The molecule has 1 aliphatic heterocycles. The smallest absolute Gasteiger partial charge is 0.240 e. The monoisotopic (exact) mass is 226 g/mol. The highest BCUT2D eigenvalue weighted by Crippen LogP contribution is 2.27. The largest absolute Gasteiger partial charge is 0.345 e. The Kier molecular flexibility index (Phi) is 4.08. The third-order valence-corrected chi connectivity index (χ3v) is 3.65. The first kappa shape index (κ1) is 13.2. The van der Waals surface area contributed by atoms with E-state index in [2.05, 4.69) is 10.2 Å². The zero-order valence-corrected chi connectivity index (χ0v) is 10.6. The summed E-state index contributed by atoms with van der Waals surface area (Å²) < 4.78 is 0. The van der Waals surface area contributed by atoms with Crippen molar-refractivity contribution >= 4 is 12.2 Å². The van der Waals surface area contributed by atoms with Crippen LogP contribution in [-0.4, -0.2) is 42.3 Å². The Morgan fingerprint density at radius 2 is 2.12 bits per heavy atom. The normalized spacial score (nSPS) is 28.1. The van der Waals surface area contributed by atoms with Gasteiger partial charge in [-0.25, -0.2) is 0 Å². The summed E-state index contributed by atoms with van der Waals surface area (Å²) in [5.74, 6) is 0.107. The molecule has 2 unspecified atom stereocenters. The van der Waals surface area contributed by atoms with Gasteiger partial charge in [-0.05, 0) is 39.3 Å². The number of nitrogens with one attached hydrogen (secondary N) is 1. The number of aldehydes is 1. The van der Waals surface area contributed by atoms with Crippen LogP contribution in [0.3, 0.4) is 0 Å². The topological polar surface area (TPSA) is 49.4 Å². The van der Waals surface area contributed by atoms with E-state index in [4.69, 9.17) is 0 Å². The Balaban J connectivity index is 2.67. The molecule has 0 radical (unpaired) electrons. The number of carbonyl (C=O) groups excluding carboxylic acids is 2. The SMILES string of the molecule is CC(C)C(C=O)NC(=O)C1(C)CCCN1C. The molecule has 0 spiro atoms. The molecule has 2 atom stereocenters. The summed E-state index contributed by atoms with van der Waals surface area (Å²) >= 11 is 0. The van der Waals surface area contributed by atoms with Crippen LogP contribution in [0, 0.1) is 5.92 Å². The Labute approximate surface area is 97.4 Å². The van der Waals surface area contributed by atoms with E-state index in [1.165, 1.54) is 0 Å². The molecule has 0 aromatic rings. The molecule has 0 bridgehead atoms. The highest BCUT2D eigenvalue weighted by atomic mass is 16.2. The van der Waals surface area contributed by atoms with Gasteiger partial charge in [-0.15, -0.1) is 0 Å². The van der Waals surface area contributed by atoms with Crippen LogP contribution in [0.15, 0.2) is 0 Å². The summed E-state index contributed by atoms with van der Waals surface area (Å²) in [7, 11) is 1.96. The van der Waals surface area contributed by atoms with Gasteiger partial charge in [0.2, 0.25) is 5.91 Å². The van der Waals surface area contributed by atoms with E-state index in [1.807, 2.05) is 27.8 Å². The van der Waals surface area contributed by atoms with E-state index in [-0.39, 0.29) is 17.9 Å². The first-order valence-electron chi connectivity index (χ1n) is 5.89. The van der Waals surface area contributed by atoms with Gasteiger partial charge in [-0.2, -0.15) is 0 Å². The predicted molar refractivity (Wildman–Crippen MR) is 63.1 cm³/mol. The quantitative estimate of drug-likeness (QED) is 0.722. The van der Waals surface area contributed by atoms with Crippen molar-refractivity contribution in [2.24, 2.45) is 5.92 Å². The van der Waals surface area contributed by atoms with Crippen molar-refractivity contribution in [2.45, 2.75) is 45.2 Å². The molecule has 1 fully saturated rings. The van der Waals surface area contributed by atoms with Crippen molar-refractivity contribution in [3.8, 4) is 0 Å². The third-order valence-electron chi connectivity index (χ3n) is 3.65. The molecule has 1 aliphatic rings. The average molecular weight is 226 g/mol. The molecule has 0 aliphatic carbocycles. The minimum atomic E-state index is -0.448. The molecule has 16 heavy (non-hydrogen) atoms. The van der Waals surface area contributed by atoms with Crippen molar-refractivity contribution in [1.82, 2.24) is 10.2 Å². The standard InChI is InChI=1S/C12H22N2O2/c1-9(2)10(8-15)13-11(16)12(3)6-5-7-14(12)4/h8-10H,5-7H2,1-4H3,(H,13,16). The number of rotatable bonds is 4. The average Bonchev–Trinajstić information content (AvgIpc) is 2.56.